The maximum Gasteiger partial charge on any atom is 0.303 e. The van der Waals surface area contributed by atoms with Crippen molar-refractivity contribution in [3.63, 3.8) is 0 Å². The number of oxazole rings is 1. The van der Waals surface area contributed by atoms with Crippen molar-refractivity contribution >= 4 is 5.97 Å². The maximum atomic E-state index is 11.0. The standard InChI is InChI=1S/C25H27N3O7/c1-4-32-24-18(8-10-23(29)30)14-28(27-24)13-17-7-9-20(22(12-17)31-3)34-15-19-16(2)35-25(26-19)21-6-5-11-33-21/h5-7,9,11-12,14H,4,8,10,13,15H2,1-3H3,(H,29,30). The zero-order valence-electron chi connectivity index (χ0n) is 19.8. The van der Waals surface area contributed by atoms with Crippen LogP contribution in [0.4, 0.5) is 0 Å². The van der Waals surface area contributed by atoms with Crippen LogP contribution in [-0.2, 0) is 24.4 Å². The molecule has 3 aromatic heterocycles. The number of methoxy groups -OCH3 is 1. The molecule has 10 nitrogen and oxygen atoms in total. The maximum absolute atomic E-state index is 11.0. The molecule has 4 aromatic rings. The fraction of sp³-hybridized carbons (Fsp3) is 0.320. The molecule has 1 N–H and O–H groups in total. The fourth-order valence-corrected chi connectivity index (χ4v) is 3.53. The van der Waals surface area contributed by atoms with Gasteiger partial charge in [-0.25, -0.2) is 4.98 Å². The lowest BCUT2D eigenvalue weighted by molar-refractivity contribution is -0.136. The molecule has 35 heavy (non-hydrogen) atoms. The van der Waals surface area contributed by atoms with Gasteiger partial charge >= 0.3 is 5.97 Å². The van der Waals surface area contributed by atoms with Gasteiger partial charge in [0.2, 0.25) is 5.88 Å². The van der Waals surface area contributed by atoms with E-state index in [4.69, 9.17) is 28.2 Å². The van der Waals surface area contributed by atoms with Crippen molar-refractivity contribution in [3.05, 3.63) is 65.4 Å². The molecule has 0 bridgehead atoms. The van der Waals surface area contributed by atoms with E-state index >= 15 is 0 Å². The number of aliphatic carboxylic acids is 1. The second kappa shape index (κ2) is 10.8. The molecule has 0 unspecified atom stereocenters. The number of hydrogen-bond acceptors (Lipinski definition) is 8. The molecule has 0 aliphatic carbocycles. The molecule has 0 fully saturated rings. The summed E-state index contributed by atoms with van der Waals surface area (Å²) in [5, 5.41) is 13.5. The van der Waals surface area contributed by atoms with Gasteiger partial charge in [-0.05, 0) is 50.1 Å². The SMILES string of the molecule is CCOc1nn(Cc2ccc(OCc3nc(-c4ccco4)oc3C)c(OC)c2)cc1CCC(=O)O. The van der Waals surface area contributed by atoms with Gasteiger partial charge < -0.3 is 28.2 Å². The number of ether oxygens (including phenoxy) is 3. The first-order valence-electron chi connectivity index (χ1n) is 11.2. The van der Waals surface area contributed by atoms with Crippen molar-refractivity contribution in [2.24, 2.45) is 0 Å². The molecule has 0 aliphatic heterocycles. The Labute approximate surface area is 202 Å². The van der Waals surface area contributed by atoms with Crippen LogP contribution in [0.5, 0.6) is 17.4 Å². The number of carbonyl (C=O) groups is 1. The van der Waals surface area contributed by atoms with E-state index in [2.05, 4.69) is 10.1 Å². The van der Waals surface area contributed by atoms with Gasteiger partial charge in [0.15, 0.2) is 17.3 Å². The number of carboxylic acids is 1. The molecule has 3 heterocycles. The second-order valence-electron chi connectivity index (χ2n) is 7.76. The Morgan fingerprint density at radius 3 is 2.77 bits per heavy atom. The van der Waals surface area contributed by atoms with Crippen molar-refractivity contribution in [2.75, 3.05) is 13.7 Å². The van der Waals surface area contributed by atoms with Crippen LogP contribution in [0.2, 0.25) is 0 Å². The second-order valence-corrected chi connectivity index (χ2v) is 7.76. The summed E-state index contributed by atoms with van der Waals surface area (Å²) in [4.78, 5) is 15.4. The Bertz CT molecular complexity index is 1270. The minimum Gasteiger partial charge on any atom is -0.493 e. The van der Waals surface area contributed by atoms with Gasteiger partial charge in [0.1, 0.15) is 18.1 Å². The predicted octanol–water partition coefficient (Wildman–Crippen LogP) is 4.49. The zero-order valence-corrected chi connectivity index (χ0v) is 19.8. The van der Waals surface area contributed by atoms with Crippen molar-refractivity contribution in [2.45, 2.75) is 39.8 Å². The highest BCUT2D eigenvalue weighted by atomic mass is 16.5. The monoisotopic (exact) mass is 481 g/mol. The number of benzene rings is 1. The van der Waals surface area contributed by atoms with E-state index in [-0.39, 0.29) is 13.0 Å². The summed E-state index contributed by atoms with van der Waals surface area (Å²) in [7, 11) is 1.58. The third-order valence-electron chi connectivity index (χ3n) is 5.25. The third-order valence-corrected chi connectivity index (χ3v) is 5.25. The van der Waals surface area contributed by atoms with E-state index < -0.39 is 5.97 Å². The molecule has 0 radical (unpaired) electrons. The molecule has 0 spiro atoms. The Hall–Kier alpha value is -4.21. The molecule has 0 saturated heterocycles. The number of aromatic nitrogens is 3. The topological polar surface area (TPSA) is 122 Å². The van der Waals surface area contributed by atoms with Crippen molar-refractivity contribution in [1.29, 1.82) is 0 Å². The molecule has 184 valence electrons. The number of hydrogen-bond donors (Lipinski definition) is 1. The number of carboxylic acid groups (broad SMARTS) is 1. The lowest BCUT2D eigenvalue weighted by Crippen LogP contribution is -2.03. The van der Waals surface area contributed by atoms with Crippen LogP contribution in [0.3, 0.4) is 0 Å². The van der Waals surface area contributed by atoms with Crippen LogP contribution in [0.1, 0.15) is 35.9 Å². The minimum atomic E-state index is -0.862. The van der Waals surface area contributed by atoms with Crippen molar-refractivity contribution in [3.8, 4) is 29.0 Å². The van der Waals surface area contributed by atoms with E-state index in [9.17, 15) is 4.79 Å². The minimum absolute atomic E-state index is 0.0135. The summed E-state index contributed by atoms with van der Waals surface area (Å²) in [6.45, 7) is 4.80. The van der Waals surface area contributed by atoms with Gasteiger partial charge in [0.05, 0.1) is 26.5 Å². The van der Waals surface area contributed by atoms with Crippen molar-refractivity contribution in [1.82, 2.24) is 14.8 Å². The average molecular weight is 482 g/mol. The highest BCUT2D eigenvalue weighted by Gasteiger charge is 2.16. The molecule has 0 aliphatic rings. The number of aryl methyl sites for hydroxylation is 2. The summed E-state index contributed by atoms with van der Waals surface area (Å²) in [6.07, 6.45) is 3.74. The van der Waals surface area contributed by atoms with E-state index in [0.29, 0.717) is 60.1 Å². The van der Waals surface area contributed by atoms with E-state index in [0.717, 1.165) is 11.1 Å². The number of furan rings is 1. The van der Waals surface area contributed by atoms with E-state index in [1.165, 1.54) is 0 Å². The molecule has 0 saturated carbocycles. The smallest absolute Gasteiger partial charge is 0.303 e. The molecule has 4 rings (SSSR count). The van der Waals surface area contributed by atoms with Gasteiger partial charge in [0.25, 0.3) is 5.89 Å². The van der Waals surface area contributed by atoms with Gasteiger partial charge in [-0.2, -0.15) is 0 Å². The van der Waals surface area contributed by atoms with Crippen LogP contribution >= 0.6 is 0 Å². The normalized spacial score (nSPS) is 10.9. The van der Waals surface area contributed by atoms with Gasteiger partial charge in [0, 0.05) is 18.2 Å². The van der Waals surface area contributed by atoms with Gasteiger partial charge in [-0.3, -0.25) is 9.48 Å². The average Bonchev–Trinajstić information content (AvgIpc) is 3.58. The highest BCUT2D eigenvalue weighted by Crippen LogP contribution is 2.30. The summed E-state index contributed by atoms with van der Waals surface area (Å²) >= 11 is 0. The molecule has 0 atom stereocenters. The van der Waals surface area contributed by atoms with Crippen LogP contribution in [0, 0.1) is 6.92 Å². The lowest BCUT2D eigenvalue weighted by Gasteiger charge is -2.12. The van der Waals surface area contributed by atoms with E-state index in [1.54, 1.807) is 30.2 Å². The van der Waals surface area contributed by atoms with Gasteiger partial charge in [-0.15, -0.1) is 5.10 Å². The first kappa shape index (κ1) is 23.9. The Morgan fingerprint density at radius 1 is 1.20 bits per heavy atom. The molecular formula is C25H27N3O7. The Kier molecular flexibility index (Phi) is 7.39. The summed E-state index contributed by atoms with van der Waals surface area (Å²) in [5.74, 6) is 2.33. The van der Waals surface area contributed by atoms with E-state index in [1.807, 2.05) is 38.2 Å². The predicted molar refractivity (Wildman–Crippen MR) is 125 cm³/mol. The van der Waals surface area contributed by atoms with Gasteiger partial charge in [-0.1, -0.05) is 6.07 Å². The zero-order chi connectivity index (χ0) is 24.8. The highest BCUT2D eigenvalue weighted by molar-refractivity contribution is 5.67. The summed E-state index contributed by atoms with van der Waals surface area (Å²) < 4.78 is 29.8. The molecule has 0 amide bonds. The summed E-state index contributed by atoms with van der Waals surface area (Å²) in [6, 6.07) is 9.17. The van der Waals surface area contributed by atoms with Crippen LogP contribution in [0.25, 0.3) is 11.7 Å². The lowest BCUT2D eigenvalue weighted by atomic mass is 10.2. The fourth-order valence-electron chi connectivity index (χ4n) is 3.53. The molecular weight excluding hydrogens is 454 g/mol. The molecule has 10 heteroatoms. The Balaban J connectivity index is 1.45. The van der Waals surface area contributed by atoms with Crippen LogP contribution in [-0.4, -0.2) is 39.6 Å². The first-order valence-corrected chi connectivity index (χ1v) is 11.2. The quantitative estimate of drug-likeness (QED) is 0.312. The number of rotatable bonds is 12. The van der Waals surface area contributed by atoms with Crippen molar-refractivity contribution < 1.29 is 32.9 Å². The number of nitrogens with zero attached hydrogens (tertiary/aromatic N) is 3. The summed E-state index contributed by atoms with van der Waals surface area (Å²) in [5.41, 5.74) is 2.36. The van der Waals surface area contributed by atoms with Crippen LogP contribution < -0.4 is 14.2 Å². The first-order chi connectivity index (χ1) is 17.0. The Morgan fingerprint density at radius 2 is 2.06 bits per heavy atom. The van der Waals surface area contributed by atoms with Crippen LogP contribution in [0.15, 0.2) is 51.6 Å². The molecule has 1 aromatic carbocycles. The largest absolute Gasteiger partial charge is 0.493 e. The third kappa shape index (κ3) is 5.84.